The number of thiazole rings is 1. The van der Waals surface area contributed by atoms with Gasteiger partial charge in [-0.1, -0.05) is 30.3 Å². The van der Waals surface area contributed by atoms with E-state index in [1.54, 1.807) is 11.3 Å². The molecule has 4 rings (SSSR count). The number of nitrogens with zero attached hydrogens (tertiary/aromatic N) is 3. The second kappa shape index (κ2) is 9.37. The summed E-state index contributed by atoms with van der Waals surface area (Å²) in [6.45, 7) is 9.15. The van der Waals surface area contributed by atoms with Gasteiger partial charge in [0.2, 0.25) is 0 Å². The standard InChI is InChI=1S/C23H31N3O2S/c1-17-13-25(14-18(2)28-17)15-20-8-10-26(11-9-20)23(27)21-16-29-22(24-21)12-19-6-4-3-5-7-19/h3-7,16-18,20H,8-15H2,1-2H3. The molecule has 156 valence electrons. The van der Waals surface area contributed by atoms with Gasteiger partial charge in [0.05, 0.1) is 17.2 Å². The van der Waals surface area contributed by atoms with Crippen LogP contribution < -0.4 is 0 Å². The Morgan fingerprint density at radius 3 is 2.52 bits per heavy atom. The van der Waals surface area contributed by atoms with Crippen molar-refractivity contribution >= 4 is 17.2 Å². The highest BCUT2D eigenvalue weighted by molar-refractivity contribution is 7.09. The van der Waals surface area contributed by atoms with Crippen molar-refractivity contribution in [3.05, 3.63) is 52.0 Å². The van der Waals surface area contributed by atoms with Gasteiger partial charge in [0.15, 0.2) is 0 Å². The maximum Gasteiger partial charge on any atom is 0.273 e. The Morgan fingerprint density at radius 2 is 1.83 bits per heavy atom. The number of piperidine rings is 1. The van der Waals surface area contributed by atoms with Crippen LogP contribution in [0, 0.1) is 5.92 Å². The first kappa shape index (κ1) is 20.5. The summed E-state index contributed by atoms with van der Waals surface area (Å²) >= 11 is 1.58. The molecule has 1 aromatic heterocycles. The van der Waals surface area contributed by atoms with Gasteiger partial charge in [-0.3, -0.25) is 9.69 Å². The van der Waals surface area contributed by atoms with Crippen LogP contribution in [0.5, 0.6) is 0 Å². The van der Waals surface area contributed by atoms with Crippen LogP contribution in [0.15, 0.2) is 35.7 Å². The van der Waals surface area contributed by atoms with E-state index in [2.05, 4.69) is 35.9 Å². The van der Waals surface area contributed by atoms with Gasteiger partial charge in [0.25, 0.3) is 5.91 Å². The molecule has 1 amide bonds. The number of benzene rings is 1. The summed E-state index contributed by atoms with van der Waals surface area (Å²) in [6, 6.07) is 10.3. The van der Waals surface area contributed by atoms with Gasteiger partial charge in [0.1, 0.15) is 5.69 Å². The molecule has 2 aliphatic heterocycles. The number of carbonyl (C=O) groups excluding carboxylic acids is 1. The molecule has 2 saturated heterocycles. The maximum atomic E-state index is 12.9. The SMILES string of the molecule is CC1CN(CC2CCN(C(=O)c3csc(Cc4ccccc4)n3)CC2)CC(C)O1. The van der Waals surface area contributed by atoms with E-state index >= 15 is 0 Å². The molecule has 2 aliphatic rings. The monoisotopic (exact) mass is 413 g/mol. The van der Waals surface area contributed by atoms with Crippen molar-refractivity contribution < 1.29 is 9.53 Å². The first-order chi connectivity index (χ1) is 14.1. The highest BCUT2D eigenvalue weighted by atomic mass is 32.1. The summed E-state index contributed by atoms with van der Waals surface area (Å²) in [6.07, 6.45) is 3.57. The lowest BCUT2D eigenvalue weighted by molar-refractivity contribution is -0.0728. The van der Waals surface area contributed by atoms with E-state index in [4.69, 9.17) is 4.74 Å². The van der Waals surface area contributed by atoms with E-state index < -0.39 is 0 Å². The van der Waals surface area contributed by atoms with Gasteiger partial charge in [-0.2, -0.15) is 0 Å². The summed E-state index contributed by atoms with van der Waals surface area (Å²) in [5.41, 5.74) is 1.84. The minimum atomic E-state index is 0.0904. The van der Waals surface area contributed by atoms with Crippen LogP contribution in [-0.4, -0.2) is 65.6 Å². The molecule has 2 atom stereocenters. The summed E-state index contributed by atoms with van der Waals surface area (Å²) < 4.78 is 5.84. The fourth-order valence-electron chi connectivity index (χ4n) is 4.54. The van der Waals surface area contributed by atoms with Crippen LogP contribution in [0.25, 0.3) is 0 Å². The van der Waals surface area contributed by atoms with Crippen LogP contribution in [0.1, 0.15) is 47.7 Å². The summed E-state index contributed by atoms with van der Waals surface area (Å²) in [5.74, 6) is 0.758. The number of hydrogen-bond acceptors (Lipinski definition) is 5. The summed E-state index contributed by atoms with van der Waals surface area (Å²) in [7, 11) is 0. The highest BCUT2D eigenvalue weighted by Gasteiger charge is 2.28. The minimum absolute atomic E-state index is 0.0904. The Kier molecular flexibility index (Phi) is 6.63. The smallest absolute Gasteiger partial charge is 0.273 e. The van der Waals surface area contributed by atoms with E-state index in [1.807, 2.05) is 28.5 Å². The maximum absolute atomic E-state index is 12.9. The molecule has 0 radical (unpaired) electrons. The van der Waals surface area contributed by atoms with Crippen molar-refractivity contribution in [1.29, 1.82) is 0 Å². The molecular weight excluding hydrogens is 382 g/mol. The fraction of sp³-hybridized carbons (Fsp3) is 0.565. The topological polar surface area (TPSA) is 45.7 Å². The van der Waals surface area contributed by atoms with E-state index in [1.165, 1.54) is 5.56 Å². The van der Waals surface area contributed by atoms with Crippen molar-refractivity contribution in [3.8, 4) is 0 Å². The van der Waals surface area contributed by atoms with E-state index in [-0.39, 0.29) is 5.91 Å². The second-order valence-corrected chi connectivity index (χ2v) is 9.44. The number of hydrogen-bond donors (Lipinski definition) is 0. The zero-order valence-corrected chi connectivity index (χ0v) is 18.2. The predicted molar refractivity (Wildman–Crippen MR) is 116 cm³/mol. The van der Waals surface area contributed by atoms with Crippen LogP contribution in [-0.2, 0) is 11.2 Å². The average Bonchev–Trinajstić information content (AvgIpc) is 3.16. The number of morpholine rings is 1. The third kappa shape index (κ3) is 5.44. The van der Waals surface area contributed by atoms with Crippen molar-refractivity contribution in [2.75, 3.05) is 32.7 Å². The van der Waals surface area contributed by atoms with Gasteiger partial charge >= 0.3 is 0 Å². The van der Waals surface area contributed by atoms with Gasteiger partial charge in [0, 0.05) is 44.5 Å². The van der Waals surface area contributed by atoms with E-state index in [0.717, 1.165) is 57.0 Å². The Morgan fingerprint density at radius 1 is 1.14 bits per heavy atom. The molecule has 2 fully saturated rings. The molecule has 0 aliphatic carbocycles. The largest absolute Gasteiger partial charge is 0.373 e. The number of aromatic nitrogens is 1. The quantitative estimate of drug-likeness (QED) is 0.750. The molecule has 0 N–H and O–H groups in total. The van der Waals surface area contributed by atoms with Crippen LogP contribution in [0.2, 0.25) is 0 Å². The van der Waals surface area contributed by atoms with Crippen LogP contribution in [0.3, 0.4) is 0 Å². The van der Waals surface area contributed by atoms with Crippen molar-refractivity contribution in [3.63, 3.8) is 0 Å². The second-order valence-electron chi connectivity index (χ2n) is 8.50. The van der Waals surface area contributed by atoms with Gasteiger partial charge in [-0.25, -0.2) is 4.98 Å². The number of rotatable bonds is 5. The third-order valence-corrected chi connectivity index (χ3v) is 6.73. The molecule has 5 nitrogen and oxygen atoms in total. The molecule has 0 spiro atoms. The Labute approximate surface area is 177 Å². The Hall–Kier alpha value is -1.76. The lowest BCUT2D eigenvalue weighted by atomic mass is 9.95. The van der Waals surface area contributed by atoms with Gasteiger partial charge in [-0.05, 0) is 38.2 Å². The molecule has 3 heterocycles. The van der Waals surface area contributed by atoms with Crippen molar-refractivity contribution in [2.24, 2.45) is 5.92 Å². The molecule has 1 aromatic carbocycles. The minimum Gasteiger partial charge on any atom is -0.373 e. The lowest BCUT2D eigenvalue weighted by Gasteiger charge is -2.39. The Balaban J connectivity index is 1.27. The fourth-order valence-corrected chi connectivity index (χ4v) is 5.34. The predicted octanol–water partition coefficient (Wildman–Crippen LogP) is 3.70. The third-order valence-electron chi connectivity index (χ3n) is 5.88. The first-order valence-corrected chi connectivity index (χ1v) is 11.6. The van der Waals surface area contributed by atoms with Crippen LogP contribution >= 0.6 is 11.3 Å². The highest BCUT2D eigenvalue weighted by Crippen LogP contribution is 2.23. The van der Waals surface area contributed by atoms with Crippen LogP contribution in [0.4, 0.5) is 0 Å². The molecule has 2 unspecified atom stereocenters. The number of ether oxygens (including phenoxy) is 1. The molecule has 29 heavy (non-hydrogen) atoms. The number of carbonyl (C=O) groups is 1. The normalized spacial score (nSPS) is 24.0. The van der Waals surface area contributed by atoms with Gasteiger partial charge < -0.3 is 9.64 Å². The average molecular weight is 414 g/mol. The molecule has 6 heteroatoms. The molecule has 0 bridgehead atoms. The molecular formula is C23H31N3O2S. The van der Waals surface area contributed by atoms with Crippen molar-refractivity contribution in [1.82, 2.24) is 14.8 Å². The zero-order chi connectivity index (χ0) is 20.2. The van der Waals surface area contributed by atoms with Gasteiger partial charge in [-0.15, -0.1) is 11.3 Å². The van der Waals surface area contributed by atoms with E-state index in [9.17, 15) is 4.79 Å². The number of likely N-dealkylation sites (tertiary alicyclic amines) is 1. The first-order valence-electron chi connectivity index (χ1n) is 10.7. The van der Waals surface area contributed by atoms with Crippen molar-refractivity contribution in [2.45, 2.75) is 45.3 Å². The number of amides is 1. The molecule has 2 aromatic rings. The Bertz CT molecular complexity index is 791. The zero-order valence-electron chi connectivity index (χ0n) is 17.4. The summed E-state index contributed by atoms with van der Waals surface area (Å²) in [4.78, 5) is 22.0. The molecule has 0 saturated carbocycles. The van der Waals surface area contributed by atoms with E-state index in [0.29, 0.717) is 23.8 Å². The summed E-state index contributed by atoms with van der Waals surface area (Å²) in [5, 5.41) is 2.92. The lowest BCUT2D eigenvalue weighted by Crippen LogP contribution is -2.48.